The minimum absolute atomic E-state index is 0.0897. The van der Waals surface area contributed by atoms with Gasteiger partial charge in [-0.25, -0.2) is 4.98 Å². The molecular formula is C12H22N4O. The fourth-order valence-electron chi connectivity index (χ4n) is 1.53. The zero-order valence-electron chi connectivity index (χ0n) is 10.7. The van der Waals surface area contributed by atoms with Crippen LogP contribution in [0.4, 0.5) is 0 Å². The summed E-state index contributed by atoms with van der Waals surface area (Å²) in [7, 11) is 0. The second kappa shape index (κ2) is 7.84. The van der Waals surface area contributed by atoms with Crippen LogP contribution >= 0.6 is 0 Å². The number of rotatable bonds is 8. The van der Waals surface area contributed by atoms with Crippen LogP contribution in [0.3, 0.4) is 0 Å². The Bertz CT molecular complexity index is 335. The average molecular weight is 238 g/mol. The van der Waals surface area contributed by atoms with Gasteiger partial charge in [0.1, 0.15) is 0 Å². The molecule has 1 rings (SSSR count). The predicted octanol–water partition coefficient (Wildman–Crippen LogP) is 0.909. The van der Waals surface area contributed by atoms with Gasteiger partial charge in [0.2, 0.25) is 5.91 Å². The lowest BCUT2D eigenvalue weighted by atomic mass is 10.4. The molecule has 1 heterocycles. The summed E-state index contributed by atoms with van der Waals surface area (Å²) in [5.74, 6) is 0.0897. The van der Waals surface area contributed by atoms with Gasteiger partial charge in [0.25, 0.3) is 0 Å². The van der Waals surface area contributed by atoms with Crippen molar-refractivity contribution in [1.29, 1.82) is 0 Å². The number of aryl methyl sites for hydroxylation is 1. The molecule has 1 aromatic rings. The molecule has 0 unspecified atom stereocenters. The molecule has 96 valence electrons. The number of nitrogens with one attached hydrogen (secondary N) is 2. The van der Waals surface area contributed by atoms with Crippen molar-refractivity contribution in [3.63, 3.8) is 0 Å². The normalized spacial score (nSPS) is 10.5. The maximum absolute atomic E-state index is 11.3. The van der Waals surface area contributed by atoms with Crippen molar-refractivity contribution >= 4 is 5.91 Å². The van der Waals surface area contributed by atoms with Crippen molar-refractivity contribution in [3.05, 3.63) is 18.2 Å². The van der Waals surface area contributed by atoms with Gasteiger partial charge in [0.15, 0.2) is 0 Å². The highest BCUT2D eigenvalue weighted by molar-refractivity contribution is 5.75. The first-order valence-electron chi connectivity index (χ1n) is 6.24. The van der Waals surface area contributed by atoms with Gasteiger partial charge in [-0.15, -0.1) is 0 Å². The molecule has 17 heavy (non-hydrogen) atoms. The molecule has 5 heteroatoms. The molecule has 0 saturated heterocycles. The third kappa shape index (κ3) is 5.49. The highest BCUT2D eigenvalue weighted by atomic mass is 16.1. The summed E-state index contributed by atoms with van der Waals surface area (Å²) >= 11 is 0. The number of amides is 1. The number of carbonyl (C=O) groups excluding carboxylic acids is 1. The van der Waals surface area contributed by atoms with Crippen molar-refractivity contribution in [2.75, 3.05) is 13.1 Å². The third-order valence-corrected chi connectivity index (χ3v) is 2.39. The van der Waals surface area contributed by atoms with E-state index < -0.39 is 0 Å². The van der Waals surface area contributed by atoms with Crippen molar-refractivity contribution in [1.82, 2.24) is 20.2 Å². The van der Waals surface area contributed by atoms with E-state index in [0.717, 1.165) is 25.2 Å². The number of hydrogen-bond donors (Lipinski definition) is 2. The Morgan fingerprint density at radius 1 is 1.47 bits per heavy atom. The van der Waals surface area contributed by atoms with Gasteiger partial charge in [-0.1, -0.05) is 6.92 Å². The fraction of sp³-hybridized carbons (Fsp3) is 0.667. The summed E-state index contributed by atoms with van der Waals surface area (Å²) in [5, 5.41) is 6.07. The monoisotopic (exact) mass is 238 g/mol. The topological polar surface area (TPSA) is 59.0 Å². The number of carbonyl (C=O) groups is 1. The van der Waals surface area contributed by atoms with E-state index in [1.54, 1.807) is 6.33 Å². The number of imidazole rings is 1. The Morgan fingerprint density at radius 3 is 3.00 bits per heavy atom. The van der Waals surface area contributed by atoms with Crippen LogP contribution in [-0.2, 0) is 17.9 Å². The number of nitrogens with zero attached hydrogens (tertiary/aromatic N) is 2. The lowest BCUT2D eigenvalue weighted by Gasteiger charge is -2.02. The molecule has 0 aromatic carbocycles. The Labute approximate surface area is 103 Å². The third-order valence-electron chi connectivity index (χ3n) is 2.39. The van der Waals surface area contributed by atoms with E-state index in [1.807, 2.05) is 17.7 Å². The minimum Gasteiger partial charge on any atom is -0.356 e. The second-order valence-corrected chi connectivity index (χ2v) is 3.98. The maximum atomic E-state index is 11.3. The van der Waals surface area contributed by atoms with Crippen LogP contribution in [0.2, 0.25) is 0 Å². The summed E-state index contributed by atoms with van der Waals surface area (Å²) in [6.45, 7) is 7.24. The molecule has 0 bridgehead atoms. The van der Waals surface area contributed by atoms with Crippen LogP contribution in [0.25, 0.3) is 0 Å². The second-order valence-electron chi connectivity index (χ2n) is 3.98. The molecule has 0 spiro atoms. The summed E-state index contributed by atoms with van der Waals surface area (Å²) in [4.78, 5) is 15.6. The quantitative estimate of drug-likeness (QED) is 0.662. The zero-order chi connectivity index (χ0) is 12.5. The van der Waals surface area contributed by atoms with Gasteiger partial charge >= 0.3 is 0 Å². The molecule has 2 N–H and O–H groups in total. The summed E-state index contributed by atoms with van der Waals surface area (Å²) < 4.78 is 1.96. The van der Waals surface area contributed by atoms with Crippen LogP contribution in [0.1, 0.15) is 32.4 Å². The van der Waals surface area contributed by atoms with Gasteiger partial charge in [-0.3, -0.25) is 4.79 Å². The Morgan fingerprint density at radius 2 is 2.29 bits per heavy atom. The Balaban J connectivity index is 2.27. The van der Waals surface area contributed by atoms with E-state index >= 15 is 0 Å². The van der Waals surface area contributed by atoms with Crippen LogP contribution in [0.15, 0.2) is 12.5 Å². The molecule has 1 amide bonds. The Kier molecular flexibility index (Phi) is 6.32. The van der Waals surface area contributed by atoms with E-state index in [-0.39, 0.29) is 5.91 Å². The van der Waals surface area contributed by atoms with Crippen LogP contribution in [-0.4, -0.2) is 28.5 Å². The van der Waals surface area contributed by atoms with Gasteiger partial charge in [0, 0.05) is 32.3 Å². The first-order chi connectivity index (χ1) is 8.26. The SMILES string of the molecule is CCCNCc1cn(CCC(=O)NCC)cn1. The van der Waals surface area contributed by atoms with E-state index in [0.29, 0.717) is 19.5 Å². The molecule has 0 atom stereocenters. The van der Waals surface area contributed by atoms with Crippen LogP contribution in [0.5, 0.6) is 0 Å². The summed E-state index contributed by atoms with van der Waals surface area (Å²) in [6, 6.07) is 0. The molecule has 0 radical (unpaired) electrons. The molecular weight excluding hydrogens is 216 g/mol. The van der Waals surface area contributed by atoms with Crippen LogP contribution < -0.4 is 10.6 Å². The first-order valence-corrected chi connectivity index (χ1v) is 6.24. The Hall–Kier alpha value is -1.36. The first kappa shape index (κ1) is 13.7. The van der Waals surface area contributed by atoms with Gasteiger partial charge in [-0.05, 0) is 19.9 Å². The minimum atomic E-state index is 0.0897. The van der Waals surface area contributed by atoms with Gasteiger partial charge in [0.05, 0.1) is 12.0 Å². The number of aromatic nitrogens is 2. The molecule has 0 aliphatic heterocycles. The highest BCUT2D eigenvalue weighted by Crippen LogP contribution is 1.97. The highest BCUT2D eigenvalue weighted by Gasteiger charge is 2.01. The maximum Gasteiger partial charge on any atom is 0.221 e. The van der Waals surface area contributed by atoms with E-state index in [1.165, 1.54) is 0 Å². The van der Waals surface area contributed by atoms with Gasteiger partial charge < -0.3 is 15.2 Å². The molecule has 0 aliphatic carbocycles. The van der Waals surface area contributed by atoms with Crippen LogP contribution in [0, 0.1) is 0 Å². The molecule has 0 fully saturated rings. The molecule has 1 aromatic heterocycles. The van der Waals surface area contributed by atoms with Crippen molar-refractivity contribution in [2.24, 2.45) is 0 Å². The summed E-state index contributed by atoms with van der Waals surface area (Å²) in [6.07, 6.45) is 5.40. The summed E-state index contributed by atoms with van der Waals surface area (Å²) in [5.41, 5.74) is 1.02. The lowest BCUT2D eigenvalue weighted by molar-refractivity contribution is -0.121. The van der Waals surface area contributed by atoms with Crippen molar-refractivity contribution in [3.8, 4) is 0 Å². The zero-order valence-corrected chi connectivity index (χ0v) is 10.7. The predicted molar refractivity (Wildman–Crippen MR) is 67.5 cm³/mol. The largest absolute Gasteiger partial charge is 0.356 e. The van der Waals surface area contributed by atoms with E-state index in [9.17, 15) is 4.79 Å². The van der Waals surface area contributed by atoms with Crippen molar-refractivity contribution < 1.29 is 4.79 Å². The number of hydrogen-bond acceptors (Lipinski definition) is 3. The van der Waals surface area contributed by atoms with Crippen molar-refractivity contribution in [2.45, 2.75) is 39.8 Å². The smallest absolute Gasteiger partial charge is 0.221 e. The molecule has 5 nitrogen and oxygen atoms in total. The lowest BCUT2D eigenvalue weighted by Crippen LogP contribution is -2.23. The van der Waals surface area contributed by atoms with E-state index in [2.05, 4.69) is 22.5 Å². The van der Waals surface area contributed by atoms with E-state index in [4.69, 9.17) is 0 Å². The standard InChI is InChI=1S/C12H22N4O/c1-3-6-13-8-11-9-16(10-15-11)7-5-12(17)14-4-2/h9-10,13H,3-8H2,1-2H3,(H,14,17). The average Bonchev–Trinajstić information content (AvgIpc) is 2.75. The van der Waals surface area contributed by atoms with Gasteiger partial charge in [-0.2, -0.15) is 0 Å². The molecule has 0 aliphatic rings. The fourth-order valence-corrected chi connectivity index (χ4v) is 1.53. The molecule has 0 saturated carbocycles.